The van der Waals surface area contributed by atoms with Crippen LogP contribution in [0.1, 0.15) is 157 Å². The molecule has 0 heterocycles. The van der Waals surface area contributed by atoms with Crippen molar-refractivity contribution in [1.82, 2.24) is 0 Å². The zero-order chi connectivity index (χ0) is 28.9. The van der Waals surface area contributed by atoms with Crippen molar-refractivity contribution in [2.75, 3.05) is 19.8 Å². The number of rotatable bonds is 16. The molecule has 1 aromatic carbocycles. The van der Waals surface area contributed by atoms with Crippen LogP contribution in [0.3, 0.4) is 0 Å². The van der Waals surface area contributed by atoms with Crippen LogP contribution in [0.15, 0.2) is 24.8 Å². The van der Waals surface area contributed by atoms with Gasteiger partial charge >= 0.3 is 0 Å². The van der Waals surface area contributed by atoms with E-state index in [0.717, 1.165) is 69.7 Å². The van der Waals surface area contributed by atoms with E-state index >= 15 is 0 Å². The lowest BCUT2D eigenvalue weighted by atomic mass is 9.74. The third-order valence-electron chi connectivity index (χ3n) is 10.6. The first-order valence-corrected chi connectivity index (χ1v) is 17.6. The van der Waals surface area contributed by atoms with Crippen LogP contribution < -0.4 is 0 Å². The zero-order valence-electron chi connectivity index (χ0n) is 27.0. The van der Waals surface area contributed by atoms with Gasteiger partial charge in [-0.3, -0.25) is 0 Å². The highest BCUT2D eigenvalue weighted by Crippen LogP contribution is 2.42. The van der Waals surface area contributed by atoms with Crippen molar-refractivity contribution in [3.63, 3.8) is 0 Å². The van der Waals surface area contributed by atoms with Crippen LogP contribution >= 0.6 is 0 Å². The fourth-order valence-corrected chi connectivity index (χ4v) is 8.05. The molecule has 0 aliphatic heterocycles. The highest BCUT2D eigenvalue weighted by atomic mass is 16.5. The maximum absolute atomic E-state index is 6.33. The molecule has 41 heavy (non-hydrogen) atoms. The molecule has 3 heteroatoms. The Hall–Kier alpha value is -1.16. The Morgan fingerprint density at radius 3 is 1.59 bits per heavy atom. The summed E-state index contributed by atoms with van der Waals surface area (Å²) in [7, 11) is 0. The minimum absolute atomic E-state index is 0.435. The average molecular weight is 567 g/mol. The van der Waals surface area contributed by atoms with E-state index in [2.05, 4.69) is 39.5 Å². The molecule has 0 N–H and O–H groups in total. The lowest BCUT2D eigenvalue weighted by molar-refractivity contribution is -0.0310. The van der Waals surface area contributed by atoms with E-state index < -0.39 is 0 Å². The Kier molecular flexibility index (Phi) is 14.2. The van der Waals surface area contributed by atoms with Gasteiger partial charge < -0.3 is 14.2 Å². The van der Waals surface area contributed by atoms with Crippen molar-refractivity contribution < 1.29 is 14.2 Å². The first-order valence-electron chi connectivity index (χ1n) is 17.6. The second-order valence-corrected chi connectivity index (χ2v) is 13.7. The maximum Gasteiger partial charge on any atom is 0.0577 e. The van der Waals surface area contributed by atoms with Crippen molar-refractivity contribution >= 4 is 0 Å². The number of hydrogen-bond acceptors (Lipinski definition) is 3. The summed E-state index contributed by atoms with van der Waals surface area (Å²) in [5, 5.41) is 0. The quantitative estimate of drug-likeness (QED) is 0.147. The van der Waals surface area contributed by atoms with Crippen molar-refractivity contribution in [3.05, 3.63) is 47.0 Å². The summed E-state index contributed by atoms with van der Waals surface area (Å²) >= 11 is 0. The minimum atomic E-state index is 0.435. The highest BCUT2D eigenvalue weighted by molar-refractivity contribution is 5.42. The molecule has 3 nitrogen and oxygen atoms in total. The third kappa shape index (κ3) is 10.5. The molecule has 4 rings (SSSR count). The molecule has 3 aliphatic rings. The second-order valence-electron chi connectivity index (χ2n) is 13.7. The molecule has 0 unspecified atom stereocenters. The first-order chi connectivity index (χ1) is 20.1. The predicted octanol–water partition coefficient (Wildman–Crippen LogP) is 10.5. The van der Waals surface area contributed by atoms with Gasteiger partial charge in [0.1, 0.15) is 0 Å². The van der Waals surface area contributed by atoms with Crippen LogP contribution in [0.5, 0.6) is 0 Å². The van der Waals surface area contributed by atoms with Crippen LogP contribution in [0.4, 0.5) is 0 Å². The Morgan fingerprint density at radius 2 is 1.10 bits per heavy atom. The van der Waals surface area contributed by atoms with Crippen LogP contribution in [-0.2, 0) is 14.2 Å². The lowest BCUT2D eigenvalue weighted by Crippen LogP contribution is -2.27. The molecule has 3 aliphatic carbocycles. The number of benzene rings is 1. The van der Waals surface area contributed by atoms with E-state index in [1.165, 1.54) is 83.5 Å². The fourth-order valence-electron chi connectivity index (χ4n) is 8.05. The molecule has 0 aromatic heterocycles. The molecule has 3 fully saturated rings. The molecule has 0 radical (unpaired) electrons. The number of hydrogen-bond donors (Lipinski definition) is 0. The van der Waals surface area contributed by atoms with E-state index in [-0.39, 0.29) is 0 Å². The van der Waals surface area contributed by atoms with E-state index in [1.807, 2.05) is 6.08 Å². The van der Waals surface area contributed by atoms with Crippen LogP contribution in [0, 0.1) is 19.8 Å². The van der Waals surface area contributed by atoms with E-state index in [9.17, 15) is 0 Å². The standard InChI is InChI=1S/C38H62O3/c1-5-7-24-39-36-20-22-37(23-21-36)41-26-11-9-8-10-25-40-35-18-16-32(17-19-35)34-27-29(3)38(30(4)28-34)33-14-12-31(6-2)13-15-33/h5,27-28,31-33,35-37H,1,6-26H2,2-4H3. The SMILES string of the molecule is C=CCCOC1CCC(OCCCCCCOC2CCC(c3cc(C)c(C4CCC(CC)CC4)c(C)c3)CC2)CC1. The van der Waals surface area contributed by atoms with Crippen molar-refractivity contribution in [1.29, 1.82) is 0 Å². The summed E-state index contributed by atoms with van der Waals surface area (Å²) in [4.78, 5) is 0. The van der Waals surface area contributed by atoms with Gasteiger partial charge in [0, 0.05) is 13.2 Å². The summed E-state index contributed by atoms with van der Waals surface area (Å²) in [5.74, 6) is 2.48. The monoisotopic (exact) mass is 566 g/mol. The molecule has 0 spiro atoms. The maximum atomic E-state index is 6.33. The van der Waals surface area contributed by atoms with Gasteiger partial charge in [0.25, 0.3) is 0 Å². The lowest BCUT2D eigenvalue weighted by Gasteiger charge is -2.32. The second kappa shape index (κ2) is 17.8. The smallest absolute Gasteiger partial charge is 0.0577 e. The molecular formula is C38H62O3. The van der Waals surface area contributed by atoms with Crippen LogP contribution in [0.2, 0.25) is 0 Å². The molecule has 0 amide bonds. The Bertz CT molecular complexity index is 847. The molecule has 0 bridgehead atoms. The molecule has 0 atom stereocenters. The largest absolute Gasteiger partial charge is 0.378 e. The first kappa shape index (κ1) is 32.7. The Morgan fingerprint density at radius 1 is 0.634 bits per heavy atom. The molecular weight excluding hydrogens is 504 g/mol. The molecule has 0 saturated heterocycles. The zero-order valence-corrected chi connectivity index (χ0v) is 27.0. The van der Waals surface area contributed by atoms with E-state index in [0.29, 0.717) is 18.3 Å². The highest BCUT2D eigenvalue weighted by Gasteiger charge is 2.27. The minimum Gasteiger partial charge on any atom is -0.378 e. The molecule has 232 valence electrons. The van der Waals surface area contributed by atoms with Crippen molar-refractivity contribution in [2.45, 2.75) is 166 Å². The molecule has 1 aromatic rings. The fraction of sp³-hybridized carbons (Fsp3) is 0.789. The Labute approximate surface area is 253 Å². The van der Waals surface area contributed by atoms with Gasteiger partial charge in [-0.1, -0.05) is 44.4 Å². The van der Waals surface area contributed by atoms with Gasteiger partial charge in [-0.25, -0.2) is 0 Å². The predicted molar refractivity (Wildman–Crippen MR) is 173 cm³/mol. The summed E-state index contributed by atoms with van der Waals surface area (Å²) in [6.45, 7) is 13.6. The number of unbranched alkanes of at least 4 members (excludes halogenated alkanes) is 3. The van der Waals surface area contributed by atoms with Gasteiger partial charge in [-0.05, 0) is 150 Å². The van der Waals surface area contributed by atoms with Gasteiger partial charge in [0.15, 0.2) is 0 Å². The van der Waals surface area contributed by atoms with Crippen LogP contribution in [0.25, 0.3) is 0 Å². The summed E-state index contributed by atoms with van der Waals surface area (Å²) in [6, 6.07) is 5.10. The van der Waals surface area contributed by atoms with Gasteiger partial charge in [0.05, 0.1) is 24.9 Å². The summed E-state index contributed by atoms with van der Waals surface area (Å²) < 4.78 is 18.4. The van der Waals surface area contributed by atoms with Crippen LogP contribution in [-0.4, -0.2) is 38.1 Å². The average Bonchev–Trinajstić information content (AvgIpc) is 2.99. The Balaban J connectivity index is 1.03. The topological polar surface area (TPSA) is 27.7 Å². The third-order valence-corrected chi connectivity index (χ3v) is 10.6. The van der Waals surface area contributed by atoms with Crippen molar-refractivity contribution in [2.24, 2.45) is 5.92 Å². The van der Waals surface area contributed by atoms with Gasteiger partial charge in [-0.2, -0.15) is 0 Å². The van der Waals surface area contributed by atoms with E-state index in [1.54, 1.807) is 22.3 Å². The number of aryl methyl sites for hydroxylation is 2. The number of ether oxygens (including phenoxy) is 3. The van der Waals surface area contributed by atoms with Gasteiger partial charge in [-0.15, -0.1) is 6.58 Å². The van der Waals surface area contributed by atoms with E-state index in [4.69, 9.17) is 14.2 Å². The van der Waals surface area contributed by atoms with Gasteiger partial charge in [0.2, 0.25) is 0 Å². The molecule has 3 saturated carbocycles. The van der Waals surface area contributed by atoms with Crippen molar-refractivity contribution in [3.8, 4) is 0 Å². The summed E-state index contributed by atoms with van der Waals surface area (Å²) in [5.41, 5.74) is 6.39. The summed E-state index contributed by atoms with van der Waals surface area (Å²) in [6.07, 6.45) is 25.7. The normalized spacial score (nSPS) is 29.0.